The maximum atomic E-state index is 10.1. The lowest BCUT2D eigenvalue weighted by Gasteiger charge is -1.91. The van der Waals surface area contributed by atoms with E-state index in [0.717, 1.165) is 4.47 Å². The Bertz CT molecular complexity index is 382. The topological polar surface area (TPSA) is 58.9 Å². The molecule has 70 valence electrons. The summed E-state index contributed by atoms with van der Waals surface area (Å²) < 4.78 is 21.1. The zero-order valence-electron chi connectivity index (χ0n) is 6.55. The van der Waals surface area contributed by atoms with Gasteiger partial charge in [-0.1, -0.05) is 22.0 Å². The van der Waals surface area contributed by atoms with Crippen LogP contribution in [0.2, 0.25) is 0 Å². The SMILES string of the molecule is O=[SH](=O)CN=Nc1cccc(Br)c1. The van der Waals surface area contributed by atoms with Crippen LogP contribution < -0.4 is 0 Å². The molecule has 0 aromatic heterocycles. The van der Waals surface area contributed by atoms with Crippen LogP contribution in [0.15, 0.2) is 39.0 Å². The number of hydrogen-bond acceptors (Lipinski definition) is 4. The minimum atomic E-state index is -2.48. The molecular formula is C7H7BrN2O2S. The van der Waals surface area contributed by atoms with Gasteiger partial charge in [0.1, 0.15) is 0 Å². The predicted molar refractivity (Wildman–Crippen MR) is 53.8 cm³/mol. The van der Waals surface area contributed by atoms with Crippen molar-refractivity contribution in [2.75, 3.05) is 5.88 Å². The molecule has 0 aliphatic heterocycles. The number of hydrogen-bond donors (Lipinski definition) is 1. The summed E-state index contributed by atoms with van der Waals surface area (Å²) in [6.45, 7) is 0. The summed E-state index contributed by atoms with van der Waals surface area (Å²) in [5.74, 6) is -0.262. The molecule has 0 N–H and O–H groups in total. The number of rotatable bonds is 3. The smallest absolute Gasteiger partial charge is 0.162 e. The van der Waals surface area contributed by atoms with Crippen molar-refractivity contribution in [2.24, 2.45) is 10.2 Å². The second-order valence-corrected chi connectivity index (χ2v) is 4.06. The quantitative estimate of drug-likeness (QED) is 0.670. The molecule has 0 saturated heterocycles. The average Bonchev–Trinajstić information content (AvgIpc) is 2.03. The predicted octanol–water partition coefficient (Wildman–Crippen LogP) is 2.10. The van der Waals surface area contributed by atoms with E-state index in [1.54, 1.807) is 18.2 Å². The average molecular weight is 263 g/mol. The van der Waals surface area contributed by atoms with Crippen molar-refractivity contribution in [1.29, 1.82) is 0 Å². The van der Waals surface area contributed by atoms with Crippen LogP contribution in [0.5, 0.6) is 0 Å². The summed E-state index contributed by atoms with van der Waals surface area (Å²) in [6.07, 6.45) is 0. The van der Waals surface area contributed by atoms with Crippen molar-refractivity contribution in [2.45, 2.75) is 0 Å². The second kappa shape index (κ2) is 5.08. The van der Waals surface area contributed by atoms with Gasteiger partial charge in [0.2, 0.25) is 0 Å². The highest BCUT2D eigenvalue weighted by atomic mass is 79.9. The molecule has 0 spiro atoms. The van der Waals surface area contributed by atoms with Crippen molar-refractivity contribution in [1.82, 2.24) is 0 Å². The van der Waals surface area contributed by atoms with E-state index in [9.17, 15) is 8.42 Å². The number of benzene rings is 1. The van der Waals surface area contributed by atoms with Crippen molar-refractivity contribution < 1.29 is 8.42 Å². The van der Waals surface area contributed by atoms with Crippen LogP contribution in [0.3, 0.4) is 0 Å². The lowest BCUT2D eigenvalue weighted by Crippen LogP contribution is -1.78. The number of nitrogens with zero attached hydrogens (tertiary/aromatic N) is 2. The van der Waals surface area contributed by atoms with Gasteiger partial charge in [0.25, 0.3) is 0 Å². The molecule has 0 heterocycles. The van der Waals surface area contributed by atoms with Gasteiger partial charge in [-0.25, -0.2) is 8.42 Å². The maximum absolute atomic E-state index is 10.1. The Labute approximate surface area is 85.8 Å². The highest BCUT2D eigenvalue weighted by molar-refractivity contribution is 9.10. The molecule has 0 saturated carbocycles. The summed E-state index contributed by atoms with van der Waals surface area (Å²) in [7, 11) is -2.48. The molecule has 0 radical (unpaired) electrons. The van der Waals surface area contributed by atoms with Crippen molar-refractivity contribution in [3.05, 3.63) is 28.7 Å². The highest BCUT2D eigenvalue weighted by Crippen LogP contribution is 2.18. The molecule has 0 aliphatic rings. The third-order valence-electron chi connectivity index (χ3n) is 1.17. The van der Waals surface area contributed by atoms with Crippen LogP contribution in [-0.2, 0) is 10.7 Å². The fraction of sp³-hybridized carbons (Fsp3) is 0.143. The van der Waals surface area contributed by atoms with Crippen molar-refractivity contribution in [3.63, 3.8) is 0 Å². The Morgan fingerprint density at radius 1 is 1.38 bits per heavy atom. The molecule has 0 aliphatic carbocycles. The van der Waals surface area contributed by atoms with Crippen LogP contribution in [-0.4, -0.2) is 14.3 Å². The molecule has 1 aromatic carbocycles. The molecule has 0 amide bonds. The second-order valence-electron chi connectivity index (χ2n) is 2.20. The lowest BCUT2D eigenvalue weighted by molar-refractivity contribution is 0.614. The van der Waals surface area contributed by atoms with Gasteiger partial charge in [-0.05, 0) is 18.2 Å². The first-order chi connectivity index (χ1) is 6.18. The third-order valence-corrected chi connectivity index (χ3v) is 2.02. The summed E-state index contributed by atoms with van der Waals surface area (Å²) >= 11 is 3.26. The number of halogens is 1. The maximum Gasteiger partial charge on any atom is 0.162 e. The van der Waals surface area contributed by atoms with E-state index in [1.165, 1.54) is 0 Å². The molecule has 1 aromatic rings. The van der Waals surface area contributed by atoms with E-state index in [-0.39, 0.29) is 5.88 Å². The van der Waals surface area contributed by atoms with Gasteiger partial charge in [0.15, 0.2) is 16.6 Å². The van der Waals surface area contributed by atoms with Gasteiger partial charge >= 0.3 is 0 Å². The van der Waals surface area contributed by atoms with E-state index < -0.39 is 10.7 Å². The Hall–Kier alpha value is -0.750. The minimum Gasteiger partial charge on any atom is -0.230 e. The minimum absolute atomic E-state index is 0.262. The molecule has 0 atom stereocenters. The Balaban J connectivity index is 2.68. The first kappa shape index (κ1) is 10.3. The fourth-order valence-corrected chi connectivity index (χ4v) is 1.26. The molecule has 1 rings (SSSR count). The molecule has 4 nitrogen and oxygen atoms in total. The van der Waals surface area contributed by atoms with Gasteiger partial charge in [0, 0.05) is 4.47 Å². The van der Waals surface area contributed by atoms with Crippen LogP contribution in [0, 0.1) is 0 Å². The largest absolute Gasteiger partial charge is 0.230 e. The van der Waals surface area contributed by atoms with Gasteiger partial charge < -0.3 is 0 Å². The standard InChI is InChI=1S/C7H7BrN2O2S/c8-6-2-1-3-7(4-6)10-9-5-13(11)12/h1-4,13H,5H2. The van der Waals surface area contributed by atoms with Crippen LogP contribution >= 0.6 is 15.9 Å². The normalized spacial score (nSPS) is 11.2. The van der Waals surface area contributed by atoms with Crippen molar-refractivity contribution in [3.8, 4) is 0 Å². The van der Waals surface area contributed by atoms with E-state index in [2.05, 4.69) is 26.2 Å². The molecular weight excluding hydrogens is 256 g/mol. The number of azo groups is 1. The fourth-order valence-electron chi connectivity index (χ4n) is 0.703. The zero-order valence-corrected chi connectivity index (χ0v) is 9.03. The van der Waals surface area contributed by atoms with E-state index in [1.807, 2.05) is 6.07 Å². The first-order valence-corrected chi connectivity index (χ1v) is 5.59. The molecule has 0 bridgehead atoms. The van der Waals surface area contributed by atoms with E-state index in [0.29, 0.717) is 5.69 Å². The molecule has 6 heteroatoms. The first-order valence-electron chi connectivity index (χ1n) is 3.43. The third kappa shape index (κ3) is 4.14. The lowest BCUT2D eigenvalue weighted by atomic mass is 10.3. The van der Waals surface area contributed by atoms with Crippen LogP contribution in [0.4, 0.5) is 5.69 Å². The molecule has 0 fully saturated rings. The molecule has 0 unspecified atom stereocenters. The monoisotopic (exact) mass is 262 g/mol. The van der Waals surface area contributed by atoms with E-state index >= 15 is 0 Å². The van der Waals surface area contributed by atoms with Crippen LogP contribution in [0.25, 0.3) is 0 Å². The van der Waals surface area contributed by atoms with Gasteiger partial charge in [-0.2, -0.15) is 10.2 Å². The summed E-state index contributed by atoms with van der Waals surface area (Å²) in [4.78, 5) is 0. The van der Waals surface area contributed by atoms with Crippen molar-refractivity contribution >= 4 is 32.3 Å². The Morgan fingerprint density at radius 3 is 2.77 bits per heavy atom. The summed E-state index contributed by atoms with van der Waals surface area (Å²) in [6, 6.07) is 7.15. The number of thiol groups is 1. The summed E-state index contributed by atoms with van der Waals surface area (Å²) in [5, 5.41) is 7.21. The Kier molecular flexibility index (Phi) is 4.04. The van der Waals surface area contributed by atoms with Crippen LogP contribution in [0.1, 0.15) is 0 Å². The highest BCUT2D eigenvalue weighted by Gasteiger charge is 1.89. The van der Waals surface area contributed by atoms with Gasteiger partial charge in [0.05, 0.1) is 5.69 Å². The van der Waals surface area contributed by atoms with Gasteiger partial charge in [-0.15, -0.1) is 0 Å². The summed E-state index contributed by atoms with van der Waals surface area (Å²) in [5.41, 5.74) is 0.631. The molecule has 13 heavy (non-hydrogen) atoms. The van der Waals surface area contributed by atoms with Gasteiger partial charge in [-0.3, -0.25) is 0 Å². The van der Waals surface area contributed by atoms with E-state index in [4.69, 9.17) is 0 Å². The zero-order chi connectivity index (χ0) is 9.68. The Morgan fingerprint density at radius 2 is 2.15 bits per heavy atom.